The quantitative estimate of drug-likeness (QED) is 0.0963. The van der Waals surface area contributed by atoms with Crippen molar-refractivity contribution >= 4 is 46.5 Å². The number of carboxylic acid groups (broad SMARTS) is 2. The van der Waals surface area contributed by atoms with Gasteiger partial charge in [0.2, 0.25) is 23.6 Å². The molecule has 2 rings (SSSR count). The smallest absolute Gasteiger partial charge is 0.326 e. The van der Waals surface area contributed by atoms with Crippen molar-refractivity contribution in [2.45, 2.75) is 62.7 Å². The van der Waals surface area contributed by atoms with Crippen molar-refractivity contribution in [1.29, 1.82) is 0 Å². The summed E-state index contributed by atoms with van der Waals surface area (Å²) in [6.07, 6.45) is 1.13. The Morgan fingerprint density at radius 1 is 0.850 bits per heavy atom. The Kier molecular flexibility index (Phi) is 12.0. The molecule has 15 nitrogen and oxygen atoms in total. The van der Waals surface area contributed by atoms with Gasteiger partial charge in [-0.05, 0) is 43.9 Å². The van der Waals surface area contributed by atoms with Gasteiger partial charge < -0.3 is 48.3 Å². The summed E-state index contributed by atoms with van der Waals surface area (Å²) in [7, 11) is 0. The molecule has 2 aromatic rings. The molecule has 4 atom stereocenters. The molecule has 4 unspecified atom stereocenters. The van der Waals surface area contributed by atoms with Gasteiger partial charge in [-0.2, -0.15) is 0 Å². The Morgan fingerprint density at radius 2 is 1.45 bits per heavy atom. The number of rotatable bonds is 17. The van der Waals surface area contributed by atoms with Gasteiger partial charge >= 0.3 is 11.9 Å². The third kappa shape index (κ3) is 9.67. The van der Waals surface area contributed by atoms with Gasteiger partial charge in [0.05, 0.1) is 18.9 Å². The number of nitrogens with two attached hydrogens (primary N) is 3. The summed E-state index contributed by atoms with van der Waals surface area (Å²) in [5.41, 5.74) is 18.3. The fraction of sp³-hybridized carbons (Fsp3) is 0.440. The third-order valence-corrected chi connectivity index (χ3v) is 6.06. The average molecular weight is 562 g/mol. The van der Waals surface area contributed by atoms with E-state index in [0.717, 1.165) is 16.5 Å². The fourth-order valence-electron chi connectivity index (χ4n) is 4.00. The van der Waals surface area contributed by atoms with Crippen LogP contribution >= 0.6 is 0 Å². The van der Waals surface area contributed by atoms with Crippen LogP contribution < -0.4 is 33.2 Å². The zero-order chi connectivity index (χ0) is 29.8. The first kappa shape index (κ1) is 31.7. The van der Waals surface area contributed by atoms with Gasteiger partial charge in [-0.3, -0.25) is 24.0 Å². The van der Waals surface area contributed by atoms with Gasteiger partial charge in [-0.25, -0.2) is 4.79 Å². The summed E-state index contributed by atoms with van der Waals surface area (Å²) in [5, 5.41) is 26.2. The molecule has 1 aromatic carbocycles. The van der Waals surface area contributed by atoms with Gasteiger partial charge in [-0.1, -0.05) is 18.2 Å². The van der Waals surface area contributed by atoms with Crippen molar-refractivity contribution in [3.05, 3.63) is 36.0 Å². The van der Waals surface area contributed by atoms with Crippen molar-refractivity contribution in [3.63, 3.8) is 0 Å². The van der Waals surface area contributed by atoms with Crippen molar-refractivity contribution < 1.29 is 39.0 Å². The zero-order valence-electron chi connectivity index (χ0n) is 21.7. The van der Waals surface area contributed by atoms with E-state index >= 15 is 0 Å². The van der Waals surface area contributed by atoms with Crippen LogP contribution in [-0.2, 0) is 35.2 Å². The first-order valence-corrected chi connectivity index (χ1v) is 12.6. The lowest BCUT2D eigenvalue weighted by molar-refractivity contribution is -0.144. The number of carboxylic acids is 2. The number of benzene rings is 1. The second-order valence-corrected chi connectivity index (χ2v) is 9.24. The lowest BCUT2D eigenvalue weighted by Gasteiger charge is -2.24. The number of aromatic nitrogens is 1. The summed E-state index contributed by atoms with van der Waals surface area (Å²) in [6, 6.07) is 1.57. The van der Waals surface area contributed by atoms with E-state index < -0.39 is 72.6 Å². The first-order valence-electron chi connectivity index (χ1n) is 12.6. The molecular formula is C25H35N7O8. The molecule has 0 spiro atoms. The number of amides is 4. The van der Waals surface area contributed by atoms with Crippen LogP contribution in [0.4, 0.5) is 0 Å². The summed E-state index contributed by atoms with van der Waals surface area (Å²) in [4.78, 5) is 76.1. The summed E-state index contributed by atoms with van der Waals surface area (Å²) in [6.45, 7) is 0.316. The van der Waals surface area contributed by atoms with Crippen molar-refractivity contribution in [2.75, 3.05) is 6.54 Å². The number of para-hydroxylation sites is 1. The van der Waals surface area contributed by atoms with Crippen molar-refractivity contribution in [1.82, 2.24) is 20.9 Å². The number of hydrogen-bond acceptors (Lipinski definition) is 8. The summed E-state index contributed by atoms with van der Waals surface area (Å²) < 4.78 is 0. The van der Waals surface area contributed by atoms with Crippen LogP contribution in [0.5, 0.6) is 0 Å². The minimum absolute atomic E-state index is 0.0285. The summed E-state index contributed by atoms with van der Waals surface area (Å²) >= 11 is 0. The number of carbonyl (C=O) groups is 6. The van der Waals surface area contributed by atoms with Gasteiger partial charge in [0.1, 0.15) is 18.1 Å². The first-order chi connectivity index (χ1) is 18.9. The molecule has 0 bridgehead atoms. The van der Waals surface area contributed by atoms with E-state index in [-0.39, 0.29) is 12.8 Å². The van der Waals surface area contributed by atoms with Gasteiger partial charge in [-0.15, -0.1) is 0 Å². The molecule has 0 fully saturated rings. The maximum Gasteiger partial charge on any atom is 0.326 e. The molecule has 4 amide bonds. The normalized spacial score (nSPS) is 13.9. The highest BCUT2D eigenvalue weighted by Crippen LogP contribution is 2.18. The Bertz CT molecular complexity index is 1230. The lowest BCUT2D eigenvalue weighted by atomic mass is 10.0. The third-order valence-electron chi connectivity index (χ3n) is 6.06. The Hall–Kier alpha value is -4.50. The second kappa shape index (κ2) is 15.2. The number of nitrogens with one attached hydrogen (secondary N) is 4. The van der Waals surface area contributed by atoms with Crippen LogP contribution in [0.15, 0.2) is 30.5 Å². The fourth-order valence-corrected chi connectivity index (χ4v) is 4.00. The predicted octanol–water partition coefficient (Wildman–Crippen LogP) is -1.94. The monoisotopic (exact) mass is 561 g/mol. The number of aliphatic carboxylic acids is 2. The Labute approximate surface area is 229 Å². The molecule has 0 saturated heterocycles. The van der Waals surface area contributed by atoms with Crippen LogP contribution in [-0.4, -0.2) is 81.5 Å². The van der Waals surface area contributed by atoms with E-state index in [0.29, 0.717) is 19.4 Å². The number of primary amides is 1. The number of H-pyrrole nitrogens is 1. The van der Waals surface area contributed by atoms with E-state index in [2.05, 4.69) is 20.9 Å². The Balaban J connectivity index is 2.12. The van der Waals surface area contributed by atoms with E-state index in [1.165, 1.54) is 0 Å². The van der Waals surface area contributed by atoms with Gasteiger partial charge in [0, 0.05) is 17.1 Å². The largest absolute Gasteiger partial charge is 0.481 e. The lowest BCUT2D eigenvalue weighted by Crippen LogP contribution is -2.58. The van der Waals surface area contributed by atoms with E-state index in [1.54, 1.807) is 6.20 Å². The number of hydrogen-bond donors (Lipinski definition) is 9. The van der Waals surface area contributed by atoms with Crippen LogP contribution in [0, 0.1) is 0 Å². The average Bonchev–Trinajstić information content (AvgIpc) is 3.29. The minimum Gasteiger partial charge on any atom is -0.481 e. The maximum absolute atomic E-state index is 13.0. The van der Waals surface area contributed by atoms with E-state index in [4.69, 9.17) is 17.2 Å². The molecule has 0 saturated carbocycles. The molecule has 12 N–H and O–H groups in total. The van der Waals surface area contributed by atoms with Gasteiger partial charge in [0.25, 0.3) is 0 Å². The topological polar surface area (TPSA) is 273 Å². The van der Waals surface area contributed by atoms with Crippen molar-refractivity contribution in [3.8, 4) is 0 Å². The van der Waals surface area contributed by atoms with E-state index in [1.807, 2.05) is 24.3 Å². The molecule has 1 heterocycles. The van der Waals surface area contributed by atoms with Crippen molar-refractivity contribution in [2.24, 2.45) is 17.2 Å². The molecule has 40 heavy (non-hydrogen) atoms. The number of unbranched alkanes of at least 4 members (excludes halogenated alkanes) is 1. The van der Waals surface area contributed by atoms with Crippen LogP contribution in [0.25, 0.3) is 10.9 Å². The number of aromatic amines is 1. The molecule has 1 aromatic heterocycles. The molecule has 0 aliphatic carbocycles. The predicted molar refractivity (Wildman–Crippen MR) is 142 cm³/mol. The molecule has 218 valence electrons. The SMILES string of the molecule is NCCCCC(NC(=O)C(CC(=O)O)NC(=O)C(CC(N)=O)NC(=O)C(N)Cc1c[nH]c2ccccc12)C(=O)O. The Morgan fingerprint density at radius 3 is 2.05 bits per heavy atom. The highest BCUT2D eigenvalue weighted by Gasteiger charge is 2.32. The van der Waals surface area contributed by atoms with Crippen LogP contribution in [0.1, 0.15) is 37.7 Å². The number of carbonyl (C=O) groups excluding carboxylic acids is 4. The molecule has 15 heteroatoms. The number of fused-ring (bicyclic) bond motifs is 1. The standard InChI is InChI=1S/C25H35N7O8/c26-8-4-3-7-17(25(39)40)30-24(38)19(11-21(34)35)32-23(37)18(10-20(28)33)31-22(36)15(27)9-13-12-29-16-6-2-1-5-14(13)16/h1-2,5-6,12,15,17-19,29H,3-4,7-11,26-27H2,(H2,28,33)(H,30,38)(H,31,36)(H,32,37)(H,34,35)(H,39,40). The maximum atomic E-state index is 13.0. The van der Waals surface area contributed by atoms with Crippen LogP contribution in [0.3, 0.4) is 0 Å². The van der Waals surface area contributed by atoms with Crippen LogP contribution in [0.2, 0.25) is 0 Å². The zero-order valence-corrected chi connectivity index (χ0v) is 21.7. The second-order valence-electron chi connectivity index (χ2n) is 9.24. The highest BCUT2D eigenvalue weighted by molar-refractivity contribution is 5.97. The summed E-state index contributed by atoms with van der Waals surface area (Å²) in [5.74, 6) is -6.73. The molecular weight excluding hydrogens is 526 g/mol. The molecule has 0 radical (unpaired) electrons. The minimum atomic E-state index is -1.71. The molecule has 0 aliphatic heterocycles. The van der Waals surface area contributed by atoms with Gasteiger partial charge in [0.15, 0.2) is 0 Å². The van der Waals surface area contributed by atoms with E-state index in [9.17, 15) is 39.0 Å². The highest BCUT2D eigenvalue weighted by atomic mass is 16.4. The molecule has 0 aliphatic rings.